The first-order chi connectivity index (χ1) is 22.9. The van der Waals surface area contributed by atoms with Gasteiger partial charge in [-0.1, -0.05) is 160 Å². The minimum Gasteiger partial charge on any atom is -0.455 e. The molecule has 2 heterocycles. The summed E-state index contributed by atoms with van der Waals surface area (Å²) in [7, 11) is 0. The Morgan fingerprint density at radius 2 is 0.915 bits per heavy atom. The maximum absolute atomic E-state index is 6.32. The van der Waals surface area contributed by atoms with Crippen molar-refractivity contribution in [1.29, 1.82) is 0 Å². The van der Waals surface area contributed by atoms with Crippen molar-refractivity contribution in [1.82, 2.24) is 15.0 Å². The Morgan fingerprint density at radius 1 is 0.404 bits per heavy atom. The Kier molecular flexibility index (Phi) is 6.99. The van der Waals surface area contributed by atoms with Gasteiger partial charge in [-0.25, -0.2) is 15.0 Å². The van der Waals surface area contributed by atoms with E-state index in [-0.39, 0.29) is 5.41 Å². The monoisotopic (exact) mass is 607 g/mol. The molecule has 47 heavy (non-hydrogen) atoms. The molecule has 6 aromatic carbocycles. The van der Waals surface area contributed by atoms with Gasteiger partial charge in [0.25, 0.3) is 0 Å². The minimum atomic E-state index is 0.0832. The van der Waals surface area contributed by atoms with Crippen molar-refractivity contribution in [2.24, 2.45) is 0 Å². The van der Waals surface area contributed by atoms with Gasteiger partial charge in [0.2, 0.25) is 0 Å². The van der Waals surface area contributed by atoms with Crippen LogP contribution < -0.4 is 0 Å². The molecule has 4 nitrogen and oxygen atoms in total. The van der Waals surface area contributed by atoms with E-state index >= 15 is 0 Å². The quantitative estimate of drug-likeness (QED) is 0.195. The molecule has 0 aliphatic rings. The third-order valence-corrected chi connectivity index (χ3v) is 8.76. The number of fused-ring (bicyclic) bond motifs is 3. The standard InChI is InChI=1S/C43H33N3O/c1-43(2,3)32-26-24-28(25-27-32)33-14-7-8-16-37(33)42-45-40(30-12-5-4-6-13-30)44-41(46-42)31-22-20-29(21-23-31)34-17-11-18-36-35-15-9-10-19-38(35)47-39(34)36/h4-27H,1-3H3. The van der Waals surface area contributed by atoms with Gasteiger partial charge in [-0.05, 0) is 33.7 Å². The second-order valence-corrected chi connectivity index (χ2v) is 12.9. The van der Waals surface area contributed by atoms with Gasteiger partial charge >= 0.3 is 0 Å². The van der Waals surface area contributed by atoms with E-state index in [1.54, 1.807) is 0 Å². The van der Waals surface area contributed by atoms with Gasteiger partial charge in [0.15, 0.2) is 17.5 Å². The van der Waals surface area contributed by atoms with E-state index in [0.29, 0.717) is 17.5 Å². The molecule has 0 fully saturated rings. The van der Waals surface area contributed by atoms with Crippen LogP contribution in [0.2, 0.25) is 0 Å². The molecule has 4 heteroatoms. The van der Waals surface area contributed by atoms with Crippen molar-refractivity contribution < 1.29 is 4.42 Å². The van der Waals surface area contributed by atoms with Gasteiger partial charge in [0.05, 0.1) is 0 Å². The lowest BCUT2D eigenvalue weighted by atomic mass is 9.86. The molecule has 2 aromatic heterocycles. The summed E-state index contributed by atoms with van der Waals surface area (Å²) in [6, 6.07) is 50.2. The van der Waals surface area contributed by atoms with E-state index in [0.717, 1.165) is 60.9 Å². The van der Waals surface area contributed by atoms with Crippen LogP contribution >= 0.6 is 0 Å². The van der Waals surface area contributed by atoms with Crippen molar-refractivity contribution in [2.75, 3.05) is 0 Å². The Hall–Kier alpha value is -5.87. The highest BCUT2D eigenvalue weighted by Gasteiger charge is 2.18. The molecule has 0 atom stereocenters. The molecule has 0 N–H and O–H groups in total. The number of para-hydroxylation sites is 2. The third kappa shape index (κ3) is 5.38. The van der Waals surface area contributed by atoms with Crippen LogP contribution in [0.25, 0.3) is 78.4 Å². The lowest BCUT2D eigenvalue weighted by molar-refractivity contribution is 0.590. The van der Waals surface area contributed by atoms with Crippen LogP contribution in [0.1, 0.15) is 26.3 Å². The summed E-state index contributed by atoms with van der Waals surface area (Å²) in [5.41, 5.74) is 10.3. The lowest BCUT2D eigenvalue weighted by Crippen LogP contribution is -2.10. The fraction of sp³-hybridized carbons (Fsp3) is 0.0930. The van der Waals surface area contributed by atoms with Crippen LogP contribution in [0.5, 0.6) is 0 Å². The molecule has 0 saturated carbocycles. The number of rotatable bonds is 5. The Labute approximate surface area is 274 Å². The minimum absolute atomic E-state index is 0.0832. The molecule has 0 spiro atoms. The van der Waals surface area contributed by atoms with Gasteiger partial charge in [0.1, 0.15) is 11.2 Å². The van der Waals surface area contributed by atoms with E-state index in [9.17, 15) is 0 Å². The Balaban J connectivity index is 1.23. The summed E-state index contributed by atoms with van der Waals surface area (Å²) in [5, 5.41) is 2.24. The molecule has 226 valence electrons. The second-order valence-electron chi connectivity index (χ2n) is 12.9. The molecular weight excluding hydrogens is 574 g/mol. The maximum Gasteiger partial charge on any atom is 0.164 e. The van der Waals surface area contributed by atoms with Crippen LogP contribution in [-0.4, -0.2) is 15.0 Å². The first kappa shape index (κ1) is 28.6. The number of benzene rings is 6. The predicted molar refractivity (Wildman–Crippen MR) is 193 cm³/mol. The van der Waals surface area contributed by atoms with Crippen LogP contribution in [-0.2, 0) is 5.41 Å². The van der Waals surface area contributed by atoms with E-state index in [1.807, 2.05) is 54.6 Å². The summed E-state index contributed by atoms with van der Waals surface area (Å²) in [4.78, 5) is 15.1. The van der Waals surface area contributed by atoms with Crippen LogP contribution in [0.4, 0.5) is 0 Å². The van der Waals surface area contributed by atoms with Crippen molar-refractivity contribution in [3.8, 4) is 56.4 Å². The van der Waals surface area contributed by atoms with Crippen molar-refractivity contribution in [3.63, 3.8) is 0 Å². The van der Waals surface area contributed by atoms with Crippen molar-refractivity contribution in [2.45, 2.75) is 26.2 Å². The topological polar surface area (TPSA) is 51.8 Å². The third-order valence-electron chi connectivity index (χ3n) is 8.76. The molecule has 0 aliphatic carbocycles. The first-order valence-corrected chi connectivity index (χ1v) is 16.0. The molecule has 0 unspecified atom stereocenters. The fourth-order valence-corrected chi connectivity index (χ4v) is 6.19. The Bertz CT molecular complexity index is 2370. The van der Waals surface area contributed by atoms with E-state index in [4.69, 9.17) is 19.4 Å². The lowest BCUT2D eigenvalue weighted by Gasteiger charge is -2.19. The number of furan rings is 1. The largest absolute Gasteiger partial charge is 0.455 e. The van der Waals surface area contributed by atoms with Gasteiger partial charge in [-0.3, -0.25) is 0 Å². The highest BCUT2D eigenvalue weighted by atomic mass is 16.3. The van der Waals surface area contributed by atoms with Crippen molar-refractivity contribution in [3.05, 3.63) is 151 Å². The smallest absolute Gasteiger partial charge is 0.164 e. The van der Waals surface area contributed by atoms with Crippen molar-refractivity contribution >= 4 is 21.9 Å². The van der Waals surface area contributed by atoms with Gasteiger partial charge in [-0.15, -0.1) is 0 Å². The average Bonchev–Trinajstić information content (AvgIpc) is 3.51. The molecule has 8 aromatic rings. The number of hydrogen-bond donors (Lipinski definition) is 0. The molecular formula is C43H33N3O. The summed E-state index contributed by atoms with van der Waals surface area (Å²) in [6.07, 6.45) is 0. The van der Waals surface area contributed by atoms with Crippen LogP contribution in [0.15, 0.2) is 150 Å². The summed E-state index contributed by atoms with van der Waals surface area (Å²) in [5.74, 6) is 1.90. The summed E-state index contributed by atoms with van der Waals surface area (Å²) >= 11 is 0. The molecule has 0 amide bonds. The SMILES string of the molecule is CC(C)(C)c1ccc(-c2ccccc2-c2nc(-c3ccccc3)nc(-c3ccc(-c4cccc5c4oc4ccccc45)cc3)n2)cc1. The van der Waals surface area contributed by atoms with E-state index in [1.165, 1.54) is 5.56 Å². The molecule has 8 rings (SSSR count). The van der Waals surface area contributed by atoms with Gasteiger partial charge < -0.3 is 4.42 Å². The Morgan fingerprint density at radius 3 is 1.64 bits per heavy atom. The zero-order valence-electron chi connectivity index (χ0n) is 26.6. The number of hydrogen-bond acceptors (Lipinski definition) is 4. The normalized spacial score (nSPS) is 11.7. The van der Waals surface area contributed by atoms with Gasteiger partial charge in [-0.2, -0.15) is 0 Å². The molecule has 0 saturated heterocycles. The van der Waals surface area contributed by atoms with E-state index < -0.39 is 0 Å². The maximum atomic E-state index is 6.32. The zero-order chi connectivity index (χ0) is 32.0. The first-order valence-electron chi connectivity index (χ1n) is 16.0. The molecule has 0 radical (unpaired) electrons. The summed E-state index contributed by atoms with van der Waals surface area (Å²) in [6.45, 7) is 6.71. The average molecular weight is 608 g/mol. The predicted octanol–water partition coefficient (Wildman–Crippen LogP) is 11.4. The zero-order valence-corrected chi connectivity index (χ0v) is 26.6. The number of nitrogens with zero attached hydrogens (tertiary/aromatic N) is 3. The molecule has 0 bridgehead atoms. The molecule has 0 aliphatic heterocycles. The summed E-state index contributed by atoms with van der Waals surface area (Å²) < 4.78 is 6.32. The fourth-order valence-electron chi connectivity index (χ4n) is 6.19. The van der Waals surface area contributed by atoms with Crippen LogP contribution in [0.3, 0.4) is 0 Å². The second kappa shape index (κ2) is 11.5. The highest BCUT2D eigenvalue weighted by molar-refractivity contribution is 6.09. The van der Waals surface area contributed by atoms with Crippen LogP contribution in [0, 0.1) is 0 Å². The van der Waals surface area contributed by atoms with E-state index in [2.05, 4.69) is 112 Å². The van der Waals surface area contributed by atoms with Gasteiger partial charge in [0, 0.05) is 33.0 Å². The number of aromatic nitrogens is 3. The highest BCUT2D eigenvalue weighted by Crippen LogP contribution is 2.37.